The van der Waals surface area contributed by atoms with Crippen LogP contribution in [0, 0.1) is 0 Å². The highest BCUT2D eigenvalue weighted by atomic mass is 79.9. The number of fused-ring (bicyclic) bond motifs is 1. The zero-order valence-corrected chi connectivity index (χ0v) is 10.9. The lowest BCUT2D eigenvalue weighted by Crippen LogP contribution is -2.16. The number of nitrogens with zero attached hydrogens (tertiary/aromatic N) is 2. The van der Waals surface area contributed by atoms with Gasteiger partial charge in [-0.2, -0.15) is 10.2 Å². The minimum atomic E-state index is -0.311. The second kappa shape index (κ2) is 3.81. The smallest absolute Gasteiger partial charge is 0.221 e. The number of halogens is 1. The fraction of sp³-hybridized carbons (Fsp3) is 0.231. The van der Waals surface area contributed by atoms with Crippen molar-refractivity contribution in [3.8, 4) is 5.75 Å². The highest BCUT2D eigenvalue weighted by Gasteiger charge is 2.34. The predicted octanol–water partition coefficient (Wildman–Crippen LogP) is 4.16. The Kier molecular flexibility index (Phi) is 2.40. The van der Waals surface area contributed by atoms with Crippen molar-refractivity contribution in [1.29, 1.82) is 0 Å². The molecule has 17 heavy (non-hydrogen) atoms. The lowest BCUT2D eigenvalue weighted by molar-refractivity contribution is 0.277. The van der Waals surface area contributed by atoms with Gasteiger partial charge in [-0.15, -0.1) is 0 Å². The summed E-state index contributed by atoms with van der Waals surface area (Å²) in [6, 6.07) is 12.2. The van der Waals surface area contributed by atoms with Crippen LogP contribution in [0.15, 0.2) is 51.1 Å². The summed E-state index contributed by atoms with van der Waals surface area (Å²) in [4.78, 5) is 0. The van der Waals surface area contributed by atoms with Gasteiger partial charge in [-0.3, -0.25) is 0 Å². The van der Waals surface area contributed by atoms with Crippen LogP contribution in [-0.4, -0.2) is 12.3 Å². The van der Waals surface area contributed by atoms with Gasteiger partial charge in [0, 0.05) is 4.47 Å². The molecule has 0 spiro atoms. The summed E-state index contributed by atoms with van der Waals surface area (Å²) in [5.41, 5.74) is -0.311. The van der Waals surface area contributed by atoms with E-state index >= 15 is 0 Å². The van der Waals surface area contributed by atoms with Gasteiger partial charge >= 0.3 is 0 Å². The fourth-order valence-corrected chi connectivity index (χ4v) is 2.03. The Morgan fingerprint density at radius 2 is 1.82 bits per heavy atom. The van der Waals surface area contributed by atoms with E-state index in [1.54, 1.807) is 0 Å². The molecule has 0 unspecified atom stereocenters. The molecule has 86 valence electrons. The normalized spacial score (nSPS) is 16.1. The van der Waals surface area contributed by atoms with Crippen LogP contribution in [-0.2, 0) is 0 Å². The van der Waals surface area contributed by atoms with Gasteiger partial charge in [-0.05, 0) is 42.0 Å². The first-order valence-electron chi connectivity index (χ1n) is 5.41. The Morgan fingerprint density at radius 3 is 2.59 bits per heavy atom. The van der Waals surface area contributed by atoms with E-state index in [4.69, 9.17) is 4.74 Å². The Morgan fingerprint density at radius 1 is 1.12 bits per heavy atom. The maximum absolute atomic E-state index is 5.67. The zero-order valence-electron chi connectivity index (χ0n) is 9.35. The highest BCUT2D eigenvalue weighted by Crippen LogP contribution is 2.29. The molecular weight excluding hydrogens is 280 g/mol. The molecule has 0 aromatic heterocycles. The number of rotatable bonds is 3. The number of hydrogen-bond acceptors (Lipinski definition) is 3. The second-order valence-corrected chi connectivity index (χ2v) is 5.27. The molecule has 1 heterocycles. The lowest BCUT2D eigenvalue weighted by atomic mass is 10.1. The summed E-state index contributed by atoms with van der Waals surface area (Å²) in [7, 11) is 0. The number of hydrogen-bond donors (Lipinski definition) is 0. The van der Waals surface area contributed by atoms with Crippen molar-refractivity contribution in [2.45, 2.75) is 12.6 Å². The maximum atomic E-state index is 5.67. The molecule has 3 rings (SSSR count). The molecule has 0 fully saturated rings. The first kappa shape index (κ1) is 10.7. The SMILES string of the molecule is CC1(COc2ccc3cc(Br)ccc3c2)N=N1. The molecule has 3 nitrogen and oxygen atoms in total. The van der Waals surface area contributed by atoms with Crippen molar-refractivity contribution in [3.63, 3.8) is 0 Å². The zero-order chi connectivity index (χ0) is 11.9. The van der Waals surface area contributed by atoms with Crippen molar-refractivity contribution >= 4 is 26.7 Å². The van der Waals surface area contributed by atoms with Gasteiger partial charge < -0.3 is 4.74 Å². The van der Waals surface area contributed by atoms with E-state index in [0.717, 1.165) is 10.2 Å². The van der Waals surface area contributed by atoms with E-state index in [1.165, 1.54) is 10.8 Å². The van der Waals surface area contributed by atoms with Gasteiger partial charge in [-0.1, -0.05) is 28.1 Å². The molecule has 2 aromatic rings. The van der Waals surface area contributed by atoms with E-state index < -0.39 is 0 Å². The molecule has 0 atom stereocenters. The molecule has 2 aromatic carbocycles. The molecule has 0 radical (unpaired) electrons. The van der Waals surface area contributed by atoms with E-state index in [0.29, 0.717) is 6.61 Å². The minimum absolute atomic E-state index is 0.311. The summed E-state index contributed by atoms with van der Waals surface area (Å²) in [6.07, 6.45) is 0. The van der Waals surface area contributed by atoms with Crippen LogP contribution in [0.25, 0.3) is 10.8 Å². The third-order valence-electron chi connectivity index (χ3n) is 2.73. The van der Waals surface area contributed by atoms with E-state index in [-0.39, 0.29) is 5.66 Å². The summed E-state index contributed by atoms with van der Waals surface area (Å²) < 4.78 is 6.76. The van der Waals surface area contributed by atoms with Gasteiger partial charge in [0.25, 0.3) is 0 Å². The molecule has 0 bridgehead atoms. The van der Waals surface area contributed by atoms with Gasteiger partial charge in [0.1, 0.15) is 12.4 Å². The average molecular weight is 291 g/mol. The Labute approximate surface area is 108 Å². The molecule has 0 saturated heterocycles. The maximum Gasteiger partial charge on any atom is 0.221 e. The van der Waals surface area contributed by atoms with Crippen molar-refractivity contribution in [2.24, 2.45) is 10.2 Å². The van der Waals surface area contributed by atoms with Gasteiger partial charge in [0.2, 0.25) is 5.66 Å². The standard InChI is InChI=1S/C13H11BrN2O/c1-13(15-16-13)8-17-12-5-3-9-6-11(14)4-2-10(9)7-12/h2-7H,8H2,1H3. The summed E-state index contributed by atoms with van der Waals surface area (Å²) in [5.74, 6) is 0.860. The van der Waals surface area contributed by atoms with Crippen LogP contribution in [0.5, 0.6) is 5.75 Å². The van der Waals surface area contributed by atoms with Crippen molar-refractivity contribution in [1.82, 2.24) is 0 Å². The van der Waals surface area contributed by atoms with Crippen LogP contribution in [0.2, 0.25) is 0 Å². The Balaban J connectivity index is 1.83. The molecule has 0 aliphatic carbocycles. The molecule has 4 heteroatoms. The third-order valence-corrected chi connectivity index (χ3v) is 3.22. The van der Waals surface area contributed by atoms with Crippen molar-refractivity contribution in [3.05, 3.63) is 40.9 Å². The van der Waals surface area contributed by atoms with Crippen LogP contribution in [0.4, 0.5) is 0 Å². The molecule has 1 aliphatic rings. The lowest BCUT2D eigenvalue weighted by Gasteiger charge is -2.08. The minimum Gasteiger partial charge on any atom is -0.489 e. The summed E-state index contributed by atoms with van der Waals surface area (Å²) >= 11 is 3.46. The van der Waals surface area contributed by atoms with Crippen molar-refractivity contribution < 1.29 is 4.74 Å². The quantitative estimate of drug-likeness (QED) is 0.835. The summed E-state index contributed by atoms with van der Waals surface area (Å²) in [5, 5.41) is 10.2. The van der Waals surface area contributed by atoms with Gasteiger partial charge in [-0.25, -0.2) is 0 Å². The first-order chi connectivity index (χ1) is 8.15. The average Bonchev–Trinajstić information content (AvgIpc) is 3.05. The molecule has 0 N–H and O–H groups in total. The molecule has 0 saturated carbocycles. The van der Waals surface area contributed by atoms with Gasteiger partial charge in [0.15, 0.2) is 0 Å². The largest absolute Gasteiger partial charge is 0.489 e. The van der Waals surface area contributed by atoms with Crippen LogP contribution in [0.1, 0.15) is 6.92 Å². The van der Waals surface area contributed by atoms with E-state index in [9.17, 15) is 0 Å². The third kappa shape index (κ3) is 2.31. The molecular formula is C13H11BrN2O. The van der Waals surface area contributed by atoms with Crippen LogP contribution < -0.4 is 4.74 Å². The molecule has 1 aliphatic heterocycles. The monoisotopic (exact) mass is 290 g/mol. The van der Waals surface area contributed by atoms with Crippen molar-refractivity contribution in [2.75, 3.05) is 6.61 Å². The second-order valence-electron chi connectivity index (χ2n) is 4.36. The number of benzene rings is 2. The predicted molar refractivity (Wildman–Crippen MR) is 70.4 cm³/mol. The van der Waals surface area contributed by atoms with E-state index in [1.807, 2.05) is 25.1 Å². The topological polar surface area (TPSA) is 34.0 Å². The highest BCUT2D eigenvalue weighted by molar-refractivity contribution is 9.10. The first-order valence-corrected chi connectivity index (χ1v) is 6.20. The van der Waals surface area contributed by atoms with Crippen LogP contribution >= 0.6 is 15.9 Å². The van der Waals surface area contributed by atoms with Crippen LogP contribution in [0.3, 0.4) is 0 Å². The fourth-order valence-electron chi connectivity index (χ4n) is 1.65. The Hall–Kier alpha value is -1.42. The van der Waals surface area contributed by atoms with E-state index in [2.05, 4.69) is 44.4 Å². The molecule has 0 amide bonds. The Bertz CT molecular complexity index is 603. The summed E-state index contributed by atoms with van der Waals surface area (Å²) in [6.45, 7) is 2.46. The number of ether oxygens (including phenoxy) is 1. The van der Waals surface area contributed by atoms with Gasteiger partial charge in [0.05, 0.1) is 0 Å².